The molecule has 0 bridgehead atoms. The number of hydrogen-bond acceptors (Lipinski definition) is 2. The monoisotopic (exact) mass is 360 g/mol. The zero-order valence-electron chi connectivity index (χ0n) is 13.8. The zero-order valence-corrected chi connectivity index (χ0v) is 15.4. The topological polar surface area (TPSA) is 23.6 Å². The number of alkyl halides is 1. The summed E-state index contributed by atoms with van der Waals surface area (Å²) in [6.07, 6.45) is 10.8. The molecule has 0 aromatic heterocycles. The number of amides is 1. The lowest BCUT2D eigenvalue weighted by Crippen LogP contribution is -2.35. The first kappa shape index (κ1) is 19.0. The van der Waals surface area contributed by atoms with E-state index in [0.717, 1.165) is 57.3 Å². The average Bonchev–Trinajstić information content (AvgIpc) is 2.72. The van der Waals surface area contributed by atoms with Crippen molar-refractivity contribution in [2.75, 3.05) is 38.1 Å². The van der Waals surface area contributed by atoms with Gasteiger partial charge in [0.15, 0.2) is 0 Å². The second-order valence-corrected chi connectivity index (χ2v) is 6.93. The van der Waals surface area contributed by atoms with E-state index in [9.17, 15) is 4.79 Å². The van der Waals surface area contributed by atoms with Gasteiger partial charge in [0, 0.05) is 37.9 Å². The molecule has 0 aliphatic carbocycles. The molecular formula is C17H33BrN2O. The van der Waals surface area contributed by atoms with Crippen molar-refractivity contribution in [3.8, 4) is 0 Å². The molecule has 0 atom stereocenters. The van der Waals surface area contributed by atoms with Crippen molar-refractivity contribution in [1.29, 1.82) is 0 Å². The molecule has 0 spiro atoms. The van der Waals surface area contributed by atoms with Crippen molar-refractivity contribution in [2.24, 2.45) is 0 Å². The maximum atomic E-state index is 12.2. The van der Waals surface area contributed by atoms with Gasteiger partial charge in [0.25, 0.3) is 0 Å². The molecule has 1 rings (SSSR count). The minimum atomic E-state index is 0.379. The summed E-state index contributed by atoms with van der Waals surface area (Å²) in [5, 5.41) is 1.03. The molecule has 1 saturated heterocycles. The molecular weight excluding hydrogens is 328 g/mol. The van der Waals surface area contributed by atoms with Crippen LogP contribution >= 0.6 is 15.9 Å². The third-order valence-electron chi connectivity index (χ3n) is 4.34. The van der Waals surface area contributed by atoms with E-state index in [0.29, 0.717) is 5.91 Å². The molecule has 0 N–H and O–H groups in total. The van der Waals surface area contributed by atoms with E-state index in [-0.39, 0.29) is 0 Å². The first-order valence-electron chi connectivity index (χ1n) is 8.84. The van der Waals surface area contributed by atoms with Crippen LogP contribution in [0.1, 0.15) is 64.7 Å². The van der Waals surface area contributed by atoms with E-state index in [2.05, 4.69) is 32.7 Å². The highest BCUT2D eigenvalue weighted by Gasteiger charge is 2.18. The molecule has 0 unspecified atom stereocenters. The molecule has 124 valence electrons. The van der Waals surface area contributed by atoms with Gasteiger partial charge in [0.2, 0.25) is 5.91 Å². The molecule has 1 fully saturated rings. The van der Waals surface area contributed by atoms with Gasteiger partial charge in [-0.05, 0) is 19.4 Å². The Morgan fingerprint density at radius 1 is 0.952 bits per heavy atom. The molecule has 0 radical (unpaired) electrons. The highest BCUT2D eigenvalue weighted by atomic mass is 79.9. The van der Waals surface area contributed by atoms with Gasteiger partial charge >= 0.3 is 0 Å². The van der Waals surface area contributed by atoms with E-state index >= 15 is 0 Å². The lowest BCUT2D eigenvalue weighted by atomic mass is 10.1. The van der Waals surface area contributed by atoms with Crippen LogP contribution < -0.4 is 0 Å². The van der Waals surface area contributed by atoms with Gasteiger partial charge in [0.05, 0.1) is 0 Å². The van der Waals surface area contributed by atoms with Crippen molar-refractivity contribution < 1.29 is 4.79 Å². The van der Waals surface area contributed by atoms with E-state index in [1.807, 2.05) is 0 Å². The molecule has 0 aromatic carbocycles. The molecule has 3 nitrogen and oxygen atoms in total. The molecule has 1 heterocycles. The Hall–Kier alpha value is -0.0900. The van der Waals surface area contributed by atoms with Crippen molar-refractivity contribution in [3.63, 3.8) is 0 Å². The van der Waals surface area contributed by atoms with Crippen LogP contribution in [0, 0.1) is 0 Å². The number of rotatable bonds is 10. The summed E-state index contributed by atoms with van der Waals surface area (Å²) in [6.45, 7) is 7.39. The minimum Gasteiger partial charge on any atom is -0.341 e. The predicted octanol–water partition coefficient (Wildman–Crippen LogP) is 4.06. The molecule has 1 amide bonds. The second-order valence-electron chi connectivity index (χ2n) is 6.14. The highest BCUT2D eigenvalue weighted by molar-refractivity contribution is 9.09. The van der Waals surface area contributed by atoms with Crippen LogP contribution in [0.15, 0.2) is 0 Å². The first-order valence-corrected chi connectivity index (χ1v) is 9.96. The summed E-state index contributed by atoms with van der Waals surface area (Å²) >= 11 is 3.50. The van der Waals surface area contributed by atoms with Crippen molar-refractivity contribution in [3.05, 3.63) is 0 Å². The summed E-state index contributed by atoms with van der Waals surface area (Å²) in [7, 11) is 0. The molecule has 21 heavy (non-hydrogen) atoms. The van der Waals surface area contributed by atoms with Gasteiger partial charge < -0.3 is 9.80 Å². The molecule has 1 aliphatic rings. The Labute approximate surface area is 139 Å². The van der Waals surface area contributed by atoms with Crippen molar-refractivity contribution in [2.45, 2.75) is 64.7 Å². The SMILES string of the molecule is CCCCCCCCCC(=O)N1CCCN(CCBr)CC1. The van der Waals surface area contributed by atoms with Gasteiger partial charge in [-0.2, -0.15) is 0 Å². The number of unbranched alkanes of at least 4 members (excludes halogenated alkanes) is 6. The average molecular weight is 361 g/mol. The molecule has 4 heteroatoms. The Balaban J connectivity index is 2.08. The number of hydrogen-bond donors (Lipinski definition) is 0. The van der Waals surface area contributed by atoms with Crippen molar-refractivity contribution >= 4 is 21.8 Å². The number of nitrogens with zero attached hydrogens (tertiary/aromatic N) is 2. The Morgan fingerprint density at radius 3 is 2.38 bits per heavy atom. The normalized spacial score (nSPS) is 17.0. The minimum absolute atomic E-state index is 0.379. The van der Waals surface area contributed by atoms with Gasteiger partial charge in [-0.1, -0.05) is 61.4 Å². The lowest BCUT2D eigenvalue weighted by molar-refractivity contribution is -0.131. The Kier molecular flexibility index (Phi) is 11.2. The smallest absolute Gasteiger partial charge is 0.222 e. The summed E-state index contributed by atoms with van der Waals surface area (Å²) in [5.41, 5.74) is 0. The van der Waals surface area contributed by atoms with Gasteiger partial charge in [-0.25, -0.2) is 0 Å². The van der Waals surface area contributed by atoms with Crippen LogP contribution in [0.5, 0.6) is 0 Å². The zero-order chi connectivity index (χ0) is 15.3. The van der Waals surface area contributed by atoms with Crippen LogP contribution in [-0.2, 0) is 4.79 Å². The molecule has 1 aliphatic heterocycles. The number of carbonyl (C=O) groups excluding carboxylic acids is 1. The number of carbonyl (C=O) groups is 1. The third-order valence-corrected chi connectivity index (χ3v) is 4.69. The second kappa shape index (κ2) is 12.5. The molecule has 0 aromatic rings. The van der Waals surface area contributed by atoms with Gasteiger partial charge in [-0.15, -0.1) is 0 Å². The van der Waals surface area contributed by atoms with Gasteiger partial charge in [0.1, 0.15) is 0 Å². The fraction of sp³-hybridized carbons (Fsp3) is 0.941. The summed E-state index contributed by atoms with van der Waals surface area (Å²) in [5.74, 6) is 0.379. The Morgan fingerprint density at radius 2 is 1.67 bits per heavy atom. The third kappa shape index (κ3) is 8.82. The molecule has 0 saturated carbocycles. The van der Waals surface area contributed by atoms with Crippen LogP contribution in [0.4, 0.5) is 0 Å². The van der Waals surface area contributed by atoms with Crippen LogP contribution in [0.2, 0.25) is 0 Å². The summed E-state index contributed by atoms with van der Waals surface area (Å²) < 4.78 is 0. The lowest BCUT2D eigenvalue weighted by Gasteiger charge is -2.21. The summed E-state index contributed by atoms with van der Waals surface area (Å²) in [4.78, 5) is 16.8. The Bertz CT molecular complexity index is 274. The first-order chi connectivity index (χ1) is 10.3. The van der Waals surface area contributed by atoms with Gasteiger partial charge in [-0.3, -0.25) is 4.79 Å². The van der Waals surface area contributed by atoms with Crippen LogP contribution in [0.3, 0.4) is 0 Å². The van der Waals surface area contributed by atoms with E-state index < -0.39 is 0 Å². The summed E-state index contributed by atoms with van der Waals surface area (Å²) in [6, 6.07) is 0. The maximum Gasteiger partial charge on any atom is 0.222 e. The number of halogens is 1. The maximum absolute atomic E-state index is 12.2. The largest absolute Gasteiger partial charge is 0.341 e. The van der Waals surface area contributed by atoms with E-state index in [1.165, 1.54) is 38.5 Å². The quantitative estimate of drug-likeness (QED) is 0.433. The fourth-order valence-electron chi connectivity index (χ4n) is 2.95. The van der Waals surface area contributed by atoms with Crippen LogP contribution in [0.25, 0.3) is 0 Å². The highest BCUT2D eigenvalue weighted by Crippen LogP contribution is 2.11. The van der Waals surface area contributed by atoms with E-state index in [4.69, 9.17) is 0 Å². The van der Waals surface area contributed by atoms with Crippen LogP contribution in [-0.4, -0.2) is 53.8 Å². The predicted molar refractivity (Wildman–Crippen MR) is 94.0 cm³/mol. The standard InChI is InChI=1S/C17H33BrN2O/c1-2-3-4-5-6-7-8-10-17(21)20-13-9-12-19(14-11-18)15-16-20/h2-16H2,1H3. The fourth-order valence-corrected chi connectivity index (χ4v) is 3.46. The van der Waals surface area contributed by atoms with E-state index in [1.54, 1.807) is 0 Å². The van der Waals surface area contributed by atoms with Crippen molar-refractivity contribution in [1.82, 2.24) is 9.80 Å².